The second-order valence-electron chi connectivity index (χ2n) is 4.38. The largest absolute Gasteiger partial charge is 0.481 e. The number of nitrogens with zero attached hydrogens (tertiary/aromatic N) is 1. The van der Waals surface area contributed by atoms with E-state index in [-0.39, 0.29) is 30.0 Å². The number of carbonyl (C=O) groups excluding carboxylic acids is 2. The molecule has 0 aliphatic carbocycles. The Labute approximate surface area is 120 Å². The van der Waals surface area contributed by atoms with Crippen LogP contribution in [-0.4, -0.2) is 33.9 Å². The maximum atomic E-state index is 11.9. The third-order valence-corrected chi connectivity index (χ3v) is 3.18. The Hall–Kier alpha value is -1.96. The number of hydrogen-bond acceptors (Lipinski definition) is 5. The number of rotatable bonds is 7. The van der Waals surface area contributed by atoms with Crippen molar-refractivity contribution in [3.05, 3.63) is 11.1 Å². The van der Waals surface area contributed by atoms with E-state index in [0.717, 1.165) is 0 Å². The van der Waals surface area contributed by atoms with Crippen molar-refractivity contribution in [2.75, 3.05) is 5.32 Å². The van der Waals surface area contributed by atoms with Crippen molar-refractivity contribution >= 4 is 34.3 Å². The number of nitrogens with one attached hydrogen (secondary N) is 2. The molecule has 1 atom stereocenters. The molecule has 0 fully saturated rings. The summed E-state index contributed by atoms with van der Waals surface area (Å²) in [6.07, 6.45) is 1.18. The third kappa shape index (κ3) is 5.79. The fraction of sp³-hybridized carbons (Fsp3) is 0.500. The summed E-state index contributed by atoms with van der Waals surface area (Å²) in [6.45, 7) is 3.17. The first-order valence-corrected chi connectivity index (χ1v) is 7.02. The lowest BCUT2D eigenvalue weighted by atomic mass is 10.1. The summed E-state index contributed by atoms with van der Waals surface area (Å²) >= 11 is 1.17. The zero-order chi connectivity index (χ0) is 15.1. The van der Waals surface area contributed by atoms with Crippen LogP contribution in [0.2, 0.25) is 0 Å². The van der Waals surface area contributed by atoms with Crippen LogP contribution in [0.25, 0.3) is 0 Å². The molecule has 1 heterocycles. The van der Waals surface area contributed by atoms with Crippen molar-refractivity contribution in [1.29, 1.82) is 0 Å². The molecular weight excluding hydrogens is 282 g/mol. The predicted octanol–water partition coefficient (Wildman–Crippen LogP) is 1.47. The molecular formula is C12H17N3O4S. The van der Waals surface area contributed by atoms with Crippen LogP contribution in [0.4, 0.5) is 5.13 Å². The Morgan fingerprint density at radius 2 is 2.15 bits per heavy atom. The maximum absolute atomic E-state index is 11.9. The number of aliphatic carboxylic acids is 1. The van der Waals surface area contributed by atoms with E-state index in [1.807, 2.05) is 0 Å². The summed E-state index contributed by atoms with van der Waals surface area (Å²) in [6, 6.07) is -0.132. The summed E-state index contributed by atoms with van der Waals surface area (Å²) in [5.41, 5.74) is 0.240. The van der Waals surface area contributed by atoms with E-state index < -0.39 is 5.97 Å². The van der Waals surface area contributed by atoms with Gasteiger partial charge in [0.15, 0.2) is 5.13 Å². The number of carboxylic acid groups (broad SMARTS) is 1. The molecule has 0 aromatic carbocycles. The highest BCUT2D eigenvalue weighted by molar-refractivity contribution is 7.14. The number of hydrogen-bond donors (Lipinski definition) is 3. The normalized spacial score (nSPS) is 11.7. The quantitative estimate of drug-likeness (QED) is 0.706. The van der Waals surface area contributed by atoms with Gasteiger partial charge in [0.05, 0.1) is 0 Å². The van der Waals surface area contributed by atoms with Crippen molar-refractivity contribution < 1.29 is 19.5 Å². The van der Waals surface area contributed by atoms with Gasteiger partial charge in [0.25, 0.3) is 5.91 Å². The molecule has 0 aliphatic rings. The Morgan fingerprint density at radius 1 is 1.45 bits per heavy atom. The van der Waals surface area contributed by atoms with Gasteiger partial charge in [0.2, 0.25) is 5.91 Å². The van der Waals surface area contributed by atoms with Crippen LogP contribution >= 0.6 is 11.3 Å². The molecule has 0 saturated heterocycles. The number of amides is 2. The molecule has 0 spiro atoms. The summed E-state index contributed by atoms with van der Waals surface area (Å²) in [4.78, 5) is 37.1. The molecule has 1 aromatic heterocycles. The molecule has 0 bridgehead atoms. The minimum absolute atomic E-state index is 0.0869. The molecule has 7 nitrogen and oxygen atoms in total. The minimum Gasteiger partial charge on any atom is -0.481 e. The van der Waals surface area contributed by atoms with Gasteiger partial charge in [0, 0.05) is 24.8 Å². The Morgan fingerprint density at radius 3 is 2.75 bits per heavy atom. The lowest BCUT2D eigenvalue weighted by Crippen LogP contribution is -2.32. The molecule has 1 rings (SSSR count). The number of thiazole rings is 1. The van der Waals surface area contributed by atoms with Gasteiger partial charge < -0.3 is 15.7 Å². The molecule has 20 heavy (non-hydrogen) atoms. The standard InChI is InChI=1S/C12H17N3O4S/c1-7(4-3-5-10(17)18)13-11(19)9-6-20-12(15-9)14-8(2)16/h6-7H,3-5H2,1-2H3,(H,13,19)(H,17,18)(H,14,15,16). The van der Waals surface area contributed by atoms with Crippen molar-refractivity contribution in [3.63, 3.8) is 0 Å². The van der Waals surface area contributed by atoms with Crippen molar-refractivity contribution in [1.82, 2.24) is 10.3 Å². The highest BCUT2D eigenvalue weighted by atomic mass is 32.1. The Bertz CT molecular complexity index is 501. The molecule has 110 valence electrons. The van der Waals surface area contributed by atoms with Crippen molar-refractivity contribution in [3.8, 4) is 0 Å². The monoisotopic (exact) mass is 299 g/mol. The zero-order valence-corrected chi connectivity index (χ0v) is 12.1. The van der Waals surface area contributed by atoms with Crippen LogP contribution < -0.4 is 10.6 Å². The maximum Gasteiger partial charge on any atom is 0.303 e. The van der Waals surface area contributed by atoms with Gasteiger partial charge in [-0.25, -0.2) is 4.98 Å². The molecule has 0 saturated carbocycles. The SMILES string of the molecule is CC(=O)Nc1nc(C(=O)NC(C)CCCC(=O)O)cs1. The summed E-state index contributed by atoms with van der Waals surface area (Å²) in [5.74, 6) is -1.42. The lowest BCUT2D eigenvalue weighted by Gasteiger charge is -2.11. The highest BCUT2D eigenvalue weighted by Crippen LogP contribution is 2.15. The molecule has 1 aromatic rings. The molecule has 3 N–H and O–H groups in total. The van der Waals surface area contributed by atoms with Crippen LogP contribution in [0, 0.1) is 0 Å². The van der Waals surface area contributed by atoms with E-state index in [9.17, 15) is 14.4 Å². The van der Waals surface area contributed by atoms with E-state index in [4.69, 9.17) is 5.11 Å². The van der Waals surface area contributed by atoms with Crippen molar-refractivity contribution in [2.24, 2.45) is 0 Å². The van der Waals surface area contributed by atoms with Gasteiger partial charge in [-0.3, -0.25) is 14.4 Å². The second kappa shape index (κ2) is 7.59. The van der Waals surface area contributed by atoms with Crippen molar-refractivity contribution in [2.45, 2.75) is 39.2 Å². The van der Waals surface area contributed by atoms with Gasteiger partial charge >= 0.3 is 5.97 Å². The van der Waals surface area contributed by atoms with E-state index in [2.05, 4.69) is 15.6 Å². The highest BCUT2D eigenvalue weighted by Gasteiger charge is 2.14. The summed E-state index contributed by atoms with van der Waals surface area (Å²) in [7, 11) is 0. The first-order chi connectivity index (χ1) is 9.38. The average Bonchev–Trinajstić information content (AvgIpc) is 2.75. The van der Waals surface area contributed by atoms with Crippen LogP contribution in [-0.2, 0) is 9.59 Å². The first kappa shape index (κ1) is 16.1. The van der Waals surface area contributed by atoms with Crippen LogP contribution in [0.15, 0.2) is 5.38 Å². The fourth-order valence-electron chi connectivity index (χ4n) is 1.52. The fourth-order valence-corrected chi connectivity index (χ4v) is 2.25. The molecule has 8 heteroatoms. The van der Waals surface area contributed by atoms with Gasteiger partial charge in [-0.2, -0.15) is 0 Å². The molecule has 0 aliphatic heterocycles. The van der Waals surface area contributed by atoms with Crippen LogP contribution in [0.5, 0.6) is 0 Å². The Kier molecular flexibility index (Phi) is 6.10. The smallest absolute Gasteiger partial charge is 0.303 e. The van der Waals surface area contributed by atoms with Crippen LogP contribution in [0.3, 0.4) is 0 Å². The van der Waals surface area contributed by atoms with E-state index >= 15 is 0 Å². The summed E-state index contributed by atoms with van der Waals surface area (Å²) < 4.78 is 0. The number of carboxylic acids is 1. The number of aromatic nitrogens is 1. The van der Waals surface area contributed by atoms with E-state index in [0.29, 0.717) is 18.0 Å². The zero-order valence-electron chi connectivity index (χ0n) is 11.3. The molecule has 1 unspecified atom stereocenters. The van der Waals surface area contributed by atoms with Gasteiger partial charge in [-0.05, 0) is 19.8 Å². The Balaban J connectivity index is 2.43. The van der Waals surface area contributed by atoms with Gasteiger partial charge in [0.1, 0.15) is 5.69 Å². The van der Waals surface area contributed by atoms with E-state index in [1.165, 1.54) is 18.3 Å². The van der Waals surface area contributed by atoms with Gasteiger partial charge in [-0.1, -0.05) is 0 Å². The van der Waals surface area contributed by atoms with Crippen LogP contribution in [0.1, 0.15) is 43.6 Å². The average molecular weight is 299 g/mol. The van der Waals surface area contributed by atoms with E-state index in [1.54, 1.807) is 12.3 Å². The first-order valence-electron chi connectivity index (χ1n) is 6.14. The third-order valence-electron chi connectivity index (χ3n) is 2.43. The molecule has 0 radical (unpaired) electrons. The lowest BCUT2D eigenvalue weighted by molar-refractivity contribution is -0.137. The second-order valence-corrected chi connectivity index (χ2v) is 5.24. The minimum atomic E-state index is -0.844. The summed E-state index contributed by atoms with van der Waals surface area (Å²) in [5, 5.41) is 15.7. The van der Waals surface area contributed by atoms with Gasteiger partial charge in [-0.15, -0.1) is 11.3 Å². The number of anilines is 1. The predicted molar refractivity (Wildman–Crippen MR) is 74.8 cm³/mol. The number of carbonyl (C=O) groups is 3. The molecule has 2 amide bonds. The topological polar surface area (TPSA) is 108 Å².